The van der Waals surface area contributed by atoms with Crippen LogP contribution in [0.2, 0.25) is 0 Å². The standard InChI is InChI=1S/C29H29FN4O3/c1-4-29(3,36)26-7-5-6-23(34-26)24-11-10-19-14-31-21(13-25(19)33-24)15-32-27(35)18-8-9-20-16-37-17-28(2,30)22(20)12-18/h5-14,36H,4,15-17H2,1-3H3,(H,32,35)/t28-,29?/m1/s1. The van der Waals surface area contributed by atoms with Gasteiger partial charge >= 0.3 is 0 Å². The van der Waals surface area contributed by atoms with Gasteiger partial charge in [0.25, 0.3) is 5.91 Å². The molecule has 190 valence electrons. The maximum absolute atomic E-state index is 14.9. The van der Waals surface area contributed by atoms with Gasteiger partial charge in [-0.25, -0.2) is 14.4 Å². The van der Waals surface area contributed by atoms with Crippen molar-refractivity contribution in [3.05, 3.63) is 88.9 Å². The van der Waals surface area contributed by atoms with Gasteiger partial charge in [-0.2, -0.15) is 0 Å². The molecule has 0 aliphatic carbocycles. The molecular formula is C29H29FN4O3. The molecule has 2 atom stereocenters. The summed E-state index contributed by atoms with van der Waals surface area (Å²) < 4.78 is 20.2. The molecule has 1 aliphatic rings. The van der Waals surface area contributed by atoms with Gasteiger partial charge in [0.15, 0.2) is 5.67 Å². The summed E-state index contributed by atoms with van der Waals surface area (Å²) in [7, 11) is 0. The summed E-state index contributed by atoms with van der Waals surface area (Å²) in [5.74, 6) is -0.308. The third kappa shape index (κ3) is 5.08. The number of amides is 1. The topological polar surface area (TPSA) is 97.2 Å². The number of pyridine rings is 3. The van der Waals surface area contributed by atoms with E-state index >= 15 is 0 Å². The lowest BCUT2D eigenvalue weighted by molar-refractivity contribution is -0.00467. The number of rotatable bonds is 6. The fourth-order valence-electron chi connectivity index (χ4n) is 4.39. The Kier molecular flexibility index (Phi) is 6.47. The van der Waals surface area contributed by atoms with Crippen LogP contribution in [0.5, 0.6) is 0 Å². The van der Waals surface area contributed by atoms with Crippen molar-refractivity contribution in [3.8, 4) is 11.4 Å². The molecule has 4 heterocycles. The van der Waals surface area contributed by atoms with Crippen molar-refractivity contribution in [1.82, 2.24) is 20.3 Å². The normalized spacial score (nSPS) is 18.7. The lowest BCUT2D eigenvalue weighted by Crippen LogP contribution is -2.30. The van der Waals surface area contributed by atoms with E-state index < -0.39 is 11.3 Å². The molecule has 37 heavy (non-hydrogen) atoms. The second kappa shape index (κ2) is 9.61. The van der Waals surface area contributed by atoms with Gasteiger partial charge < -0.3 is 15.2 Å². The van der Waals surface area contributed by atoms with Gasteiger partial charge in [0.2, 0.25) is 0 Å². The van der Waals surface area contributed by atoms with Crippen LogP contribution in [0.15, 0.2) is 60.8 Å². The van der Waals surface area contributed by atoms with Gasteiger partial charge in [-0.15, -0.1) is 0 Å². The number of ether oxygens (including phenoxy) is 1. The van der Waals surface area contributed by atoms with Crippen LogP contribution in [0, 0.1) is 0 Å². The van der Waals surface area contributed by atoms with Crippen LogP contribution in [-0.2, 0) is 29.2 Å². The number of benzene rings is 1. The van der Waals surface area contributed by atoms with Crippen molar-refractivity contribution < 1.29 is 19.0 Å². The van der Waals surface area contributed by atoms with Crippen molar-refractivity contribution in [3.63, 3.8) is 0 Å². The van der Waals surface area contributed by atoms with Gasteiger partial charge in [-0.05, 0) is 73.9 Å². The summed E-state index contributed by atoms with van der Waals surface area (Å²) in [6.07, 6.45) is 2.26. The molecule has 0 radical (unpaired) electrons. The molecule has 0 saturated carbocycles. The molecule has 0 bridgehead atoms. The lowest BCUT2D eigenvalue weighted by atomic mass is 9.90. The highest BCUT2D eigenvalue weighted by atomic mass is 19.1. The number of nitrogens with one attached hydrogen (secondary N) is 1. The third-order valence-corrected chi connectivity index (χ3v) is 6.88. The maximum Gasteiger partial charge on any atom is 0.251 e. The molecule has 5 rings (SSSR count). The number of hydrogen-bond donors (Lipinski definition) is 2. The van der Waals surface area contributed by atoms with E-state index in [1.165, 1.54) is 6.92 Å². The molecule has 0 spiro atoms. The Balaban J connectivity index is 1.35. The van der Waals surface area contributed by atoms with Crippen molar-refractivity contribution in [1.29, 1.82) is 0 Å². The SMILES string of the molecule is CCC(C)(O)c1cccc(-c2ccc3cnc(CNC(=O)c4ccc5c(c4)[C@](C)(F)COC5)cc3n2)n1. The quantitative estimate of drug-likeness (QED) is 0.389. The summed E-state index contributed by atoms with van der Waals surface area (Å²) in [5.41, 5.74) is 2.28. The predicted octanol–water partition coefficient (Wildman–Crippen LogP) is 4.95. The van der Waals surface area contributed by atoms with Crippen LogP contribution in [-0.4, -0.2) is 32.6 Å². The largest absolute Gasteiger partial charge is 0.384 e. The van der Waals surface area contributed by atoms with Crippen LogP contribution in [0.3, 0.4) is 0 Å². The molecule has 7 nitrogen and oxygen atoms in total. The first kappa shape index (κ1) is 24.9. The van der Waals surface area contributed by atoms with E-state index in [4.69, 9.17) is 9.72 Å². The summed E-state index contributed by atoms with van der Waals surface area (Å²) >= 11 is 0. The Morgan fingerprint density at radius 2 is 1.97 bits per heavy atom. The Hall–Kier alpha value is -3.75. The zero-order valence-electron chi connectivity index (χ0n) is 21.1. The van der Waals surface area contributed by atoms with E-state index in [0.717, 1.165) is 10.9 Å². The van der Waals surface area contributed by atoms with Crippen LogP contribution in [0.4, 0.5) is 4.39 Å². The number of aromatic nitrogens is 3. The number of aliphatic hydroxyl groups is 1. The number of fused-ring (bicyclic) bond motifs is 2. The zero-order valence-corrected chi connectivity index (χ0v) is 21.1. The average molecular weight is 501 g/mol. The molecule has 1 unspecified atom stereocenters. The van der Waals surface area contributed by atoms with Gasteiger partial charge in [0.05, 0.1) is 48.1 Å². The Labute approximate surface area is 214 Å². The predicted molar refractivity (Wildman–Crippen MR) is 138 cm³/mol. The van der Waals surface area contributed by atoms with Crippen molar-refractivity contribution in [2.75, 3.05) is 6.61 Å². The highest BCUT2D eigenvalue weighted by Crippen LogP contribution is 2.34. The third-order valence-electron chi connectivity index (χ3n) is 6.88. The number of nitrogens with zero attached hydrogens (tertiary/aromatic N) is 3. The summed E-state index contributed by atoms with van der Waals surface area (Å²) in [6, 6.07) is 16.2. The van der Waals surface area contributed by atoms with E-state index in [0.29, 0.717) is 52.4 Å². The summed E-state index contributed by atoms with van der Waals surface area (Å²) in [5, 5.41) is 14.3. The van der Waals surface area contributed by atoms with Crippen LogP contribution in [0.25, 0.3) is 22.3 Å². The molecule has 0 fully saturated rings. The van der Waals surface area contributed by atoms with Crippen molar-refractivity contribution in [2.24, 2.45) is 0 Å². The summed E-state index contributed by atoms with van der Waals surface area (Å²) in [4.78, 5) is 26.6. The van der Waals surface area contributed by atoms with Crippen LogP contribution < -0.4 is 5.32 Å². The van der Waals surface area contributed by atoms with E-state index in [-0.39, 0.29) is 19.1 Å². The van der Waals surface area contributed by atoms with E-state index in [2.05, 4.69) is 15.3 Å². The number of carbonyl (C=O) groups is 1. The first-order chi connectivity index (χ1) is 17.7. The van der Waals surface area contributed by atoms with Gasteiger partial charge in [0, 0.05) is 17.1 Å². The highest BCUT2D eigenvalue weighted by molar-refractivity contribution is 5.94. The molecule has 0 saturated heterocycles. The number of halogens is 1. The van der Waals surface area contributed by atoms with Crippen LogP contribution in [0.1, 0.15) is 60.1 Å². The van der Waals surface area contributed by atoms with E-state index in [1.54, 1.807) is 31.3 Å². The first-order valence-electron chi connectivity index (χ1n) is 12.3. The minimum absolute atomic E-state index is 0.0290. The van der Waals surface area contributed by atoms with Crippen molar-refractivity contribution in [2.45, 2.75) is 51.6 Å². The fraction of sp³-hybridized carbons (Fsp3) is 0.310. The second-order valence-electron chi connectivity index (χ2n) is 9.85. The zero-order chi connectivity index (χ0) is 26.2. The molecule has 1 aliphatic heterocycles. The Bertz CT molecular complexity index is 1490. The van der Waals surface area contributed by atoms with Crippen molar-refractivity contribution >= 4 is 16.8 Å². The fourth-order valence-corrected chi connectivity index (χ4v) is 4.39. The monoisotopic (exact) mass is 500 g/mol. The van der Waals surface area contributed by atoms with Crippen LogP contribution >= 0.6 is 0 Å². The minimum Gasteiger partial charge on any atom is -0.384 e. The molecule has 1 amide bonds. The average Bonchev–Trinajstić information content (AvgIpc) is 2.91. The number of alkyl halides is 1. The molecule has 3 aromatic heterocycles. The smallest absolute Gasteiger partial charge is 0.251 e. The first-order valence-corrected chi connectivity index (χ1v) is 12.3. The maximum atomic E-state index is 14.9. The molecule has 1 aromatic carbocycles. The van der Waals surface area contributed by atoms with Gasteiger partial charge in [-0.1, -0.05) is 19.1 Å². The number of hydrogen-bond acceptors (Lipinski definition) is 6. The molecular weight excluding hydrogens is 471 g/mol. The Morgan fingerprint density at radius 1 is 1.16 bits per heavy atom. The van der Waals surface area contributed by atoms with E-state index in [1.807, 2.05) is 43.3 Å². The van der Waals surface area contributed by atoms with Gasteiger partial charge in [0.1, 0.15) is 5.60 Å². The highest BCUT2D eigenvalue weighted by Gasteiger charge is 2.33. The van der Waals surface area contributed by atoms with E-state index in [9.17, 15) is 14.3 Å². The molecule has 2 N–H and O–H groups in total. The second-order valence-corrected chi connectivity index (χ2v) is 9.85. The number of carbonyl (C=O) groups excluding carboxylic acids is 1. The minimum atomic E-state index is -1.63. The lowest BCUT2D eigenvalue weighted by Gasteiger charge is -2.29. The molecule has 4 aromatic rings. The van der Waals surface area contributed by atoms with Gasteiger partial charge in [-0.3, -0.25) is 9.78 Å². The molecule has 8 heteroatoms. The summed E-state index contributed by atoms with van der Waals surface area (Å²) in [6.45, 7) is 5.62. The Morgan fingerprint density at radius 3 is 2.78 bits per heavy atom.